The molecule has 7 heteroatoms. The Bertz CT molecular complexity index is 1200. The SMILES string of the molecule is Nc1cc(C#CCCNC(=O)OCC2c3ccccc3-c3ccccc32)ccc1[N+](=O)[O-]. The van der Waals surface area contributed by atoms with Crippen LogP contribution in [0.3, 0.4) is 0 Å². The highest BCUT2D eigenvalue weighted by Crippen LogP contribution is 2.44. The monoisotopic (exact) mass is 427 g/mol. The Morgan fingerprint density at radius 1 is 1.06 bits per heavy atom. The van der Waals surface area contributed by atoms with Gasteiger partial charge in [-0.15, -0.1) is 0 Å². The van der Waals surface area contributed by atoms with E-state index in [1.165, 1.54) is 23.3 Å². The molecule has 32 heavy (non-hydrogen) atoms. The first-order valence-corrected chi connectivity index (χ1v) is 10.2. The van der Waals surface area contributed by atoms with Crippen LogP contribution in [0.5, 0.6) is 0 Å². The number of nitro groups is 1. The second-order valence-electron chi connectivity index (χ2n) is 7.33. The molecule has 1 aliphatic rings. The zero-order chi connectivity index (χ0) is 22.5. The fourth-order valence-electron chi connectivity index (χ4n) is 3.84. The number of nitro benzene ring substituents is 1. The molecule has 3 N–H and O–H groups in total. The maximum absolute atomic E-state index is 12.1. The highest BCUT2D eigenvalue weighted by Gasteiger charge is 2.28. The van der Waals surface area contributed by atoms with Crippen molar-refractivity contribution >= 4 is 17.5 Å². The topological polar surface area (TPSA) is 107 Å². The van der Waals surface area contributed by atoms with Crippen LogP contribution in [0.2, 0.25) is 0 Å². The molecule has 7 nitrogen and oxygen atoms in total. The van der Waals surface area contributed by atoms with Crippen molar-refractivity contribution in [2.24, 2.45) is 0 Å². The van der Waals surface area contributed by atoms with Gasteiger partial charge < -0.3 is 15.8 Å². The predicted molar refractivity (Wildman–Crippen MR) is 122 cm³/mol. The van der Waals surface area contributed by atoms with E-state index >= 15 is 0 Å². The number of nitrogens with zero attached hydrogens (tertiary/aromatic N) is 1. The number of hydrogen-bond acceptors (Lipinski definition) is 5. The first-order chi connectivity index (χ1) is 15.5. The molecule has 0 saturated carbocycles. The van der Waals surface area contributed by atoms with Gasteiger partial charge in [0.05, 0.1) is 4.92 Å². The second kappa shape index (κ2) is 9.23. The Morgan fingerprint density at radius 3 is 2.34 bits per heavy atom. The molecule has 1 amide bonds. The Morgan fingerprint density at radius 2 is 1.72 bits per heavy atom. The number of benzene rings is 3. The summed E-state index contributed by atoms with van der Waals surface area (Å²) in [6.07, 6.45) is -0.0885. The predicted octanol–water partition coefficient (Wildman–Crippen LogP) is 4.46. The Hall–Kier alpha value is -4.31. The zero-order valence-corrected chi connectivity index (χ0v) is 17.2. The van der Waals surface area contributed by atoms with Crippen LogP contribution >= 0.6 is 0 Å². The molecule has 0 heterocycles. The minimum atomic E-state index is -0.537. The van der Waals surface area contributed by atoms with Gasteiger partial charge in [-0.1, -0.05) is 60.4 Å². The first-order valence-electron chi connectivity index (χ1n) is 10.2. The maximum atomic E-state index is 12.1. The molecule has 0 saturated heterocycles. The van der Waals surface area contributed by atoms with Crippen molar-refractivity contribution in [3.8, 4) is 23.0 Å². The highest BCUT2D eigenvalue weighted by atomic mass is 16.6. The average Bonchev–Trinajstić information content (AvgIpc) is 3.11. The molecule has 1 aliphatic carbocycles. The van der Waals surface area contributed by atoms with Crippen molar-refractivity contribution in [1.29, 1.82) is 0 Å². The number of ether oxygens (including phenoxy) is 1. The summed E-state index contributed by atoms with van der Waals surface area (Å²) in [7, 11) is 0. The van der Waals surface area contributed by atoms with Gasteiger partial charge in [0.2, 0.25) is 0 Å². The number of rotatable bonds is 5. The third kappa shape index (κ3) is 4.40. The van der Waals surface area contributed by atoms with Crippen LogP contribution in [-0.2, 0) is 4.74 Å². The summed E-state index contributed by atoms with van der Waals surface area (Å²) in [5.41, 5.74) is 10.8. The minimum Gasteiger partial charge on any atom is -0.449 e. The summed E-state index contributed by atoms with van der Waals surface area (Å²) in [6.45, 7) is 0.583. The Kier molecular flexibility index (Phi) is 6.04. The van der Waals surface area contributed by atoms with E-state index in [1.807, 2.05) is 24.3 Å². The zero-order valence-electron chi connectivity index (χ0n) is 17.2. The summed E-state index contributed by atoms with van der Waals surface area (Å²) < 4.78 is 5.48. The van der Waals surface area contributed by atoms with Crippen LogP contribution in [0.15, 0.2) is 66.7 Å². The van der Waals surface area contributed by atoms with E-state index in [0.717, 1.165) is 11.1 Å². The van der Waals surface area contributed by atoms with E-state index in [4.69, 9.17) is 10.5 Å². The molecule has 0 bridgehead atoms. The molecular weight excluding hydrogens is 406 g/mol. The molecule has 3 aromatic rings. The molecule has 0 aromatic heterocycles. The van der Waals surface area contributed by atoms with Crippen molar-refractivity contribution in [2.75, 3.05) is 18.9 Å². The number of nitrogens with two attached hydrogens (primary N) is 1. The number of hydrogen-bond donors (Lipinski definition) is 2. The number of nitrogens with one attached hydrogen (secondary N) is 1. The summed E-state index contributed by atoms with van der Waals surface area (Å²) in [4.78, 5) is 22.4. The molecule has 0 fully saturated rings. The summed E-state index contributed by atoms with van der Waals surface area (Å²) in [5.74, 6) is 5.80. The van der Waals surface area contributed by atoms with Crippen molar-refractivity contribution in [3.63, 3.8) is 0 Å². The maximum Gasteiger partial charge on any atom is 0.407 e. The Labute approximate surface area is 185 Å². The Balaban J connectivity index is 1.28. The van der Waals surface area contributed by atoms with Crippen LogP contribution in [0.1, 0.15) is 29.0 Å². The third-order valence-electron chi connectivity index (χ3n) is 5.32. The van der Waals surface area contributed by atoms with Crippen LogP contribution in [0.4, 0.5) is 16.2 Å². The number of carbonyl (C=O) groups excluding carboxylic acids is 1. The lowest BCUT2D eigenvalue weighted by Gasteiger charge is -2.14. The van der Waals surface area contributed by atoms with Gasteiger partial charge in [0.1, 0.15) is 12.3 Å². The normalized spacial score (nSPS) is 11.6. The average molecular weight is 427 g/mol. The molecule has 0 atom stereocenters. The van der Waals surface area contributed by atoms with Gasteiger partial charge in [-0.3, -0.25) is 10.1 Å². The van der Waals surface area contributed by atoms with Crippen LogP contribution in [0.25, 0.3) is 11.1 Å². The van der Waals surface area contributed by atoms with E-state index in [2.05, 4.69) is 41.4 Å². The second-order valence-corrected chi connectivity index (χ2v) is 7.33. The molecule has 0 aliphatic heterocycles. The van der Waals surface area contributed by atoms with E-state index in [9.17, 15) is 14.9 Å². The van der Waals surface area contributed by atoms with Crippen molar-refractivity contribution in [1.82, 2.24) is 5.32 Å². The standard InChI is InChI=1S/C25H21N3O4/c26-23-15-17(12-13-24(23)28(30)31)7-5-6-14-27-25(29)32-16-22-20-10-3-1-8-18(20)19-9-2-4-11-21(19)22/h1-4,8-13,15,22H,6,14,16,26H2,(H,27,29). The third-order valence-corrected chi connectivity index (χ3v) is 5.32. The number of amides is 1. The van der Waals surface area contributed by atoms with Gasteiger partial charge in [-0.2, -0.15) is 0 Å². The fraction of sp³-hybridized carbons (Fsp3) is 0.160. The van der Waals surface area contributed by atoms with E-state index in [0.29, 0.717) is 18.5 Å². The van der Waals surface area contributed by atoms with Crippen LogP contribution in [-0.4, -0.2) is 24.2 Å². The largest absolute Gasteiger partial charge is 0.449 e. The number of carbonyl (C=O) groups is 1. The lowest BCUT2D eigenvalue weighted by Crippen LogP contribution is -2.26. The summed E-state index contributed by atoms with van der Waals surface area (Å²) in [5, 5.41) is 13.5. The highest BCUT2D eigenvalue weighted by molar-refractivity contribution is 5.79. The van der Waals surface area contributed by atoms with E-state index in [-0.39, 0.29) is 23.9 Å². The van der Waals surface area contributed by atoms with Gasteiger partial charge in [-0.25, -0.2) is 4.79 Å². The number of fused-ring (bicyclic) bond motifs is 3. The molecule has 0 radical (unpaired) electrons. The quantitative estimate of drug-likeness (QED) is 0.206. The number of nitrogen functional groups attached to an aromatic ring is 1. The first kappa shape index (κ1) is 20.9. The fourth-order valence-corrected chi connectivity index (χ4v) is 3.84. The van der Waals surface area contributed by atoms with E-state index in [1.54, 1.807) is 6.07 Å². The van der Waals surface area contributed by atoms with Gasteiger partial charge >= 0.3 is 6.09 Å². The van der Waals surface area contributed by atoms with Crippen molar-refractivity contribution in [2.45, 2.75) is 12.3 Å². The molecule has 4 rings (SSSR count). The summed E-state index contributed by atoms with van der Waals surface area (Å²) >= 11 is 0. The van der Waals surface area contributed by atoms with Gasteiger partial charge in [0.25, 0.3) is 5.69 Å². The smallest absolute Gasteiger partial charge is 0.407 e. The lowest BCUT2D eigenvalue weighted by atomic mass is 9.98. The van der Waals surface area contributed by atoms with Crippen molar-refractivity contribution in [3.05, 3.63) is 93.5 Å². The van der Waals surface area contributed by atoms with Crippen LogP contribution in [0, 0.1) is 22.0 Å². The summed E-state index contributed by atoms with van der Waals surface area (Å²) in [6, 6.07) is 20.7. The van der Waals surface area contributed by atoms with Crippen molar-refractivity contribution < 1.29 is 14.5 Å². The molecular formula is C25H21N3O4. The molecule has 160 valence electrons. The minimum absolute atomic E-state index is 0.0144. The molecule has 0 unspecified atom stereocenters. The lowest BCUT2D eigenvalue weighted by molar-refractivity contribution is -0.383. The van der Waals surface area contributed by atoms with E-state index < -0.39 is 11.0 Å². The van der Waals surface area contributed by atoms with Crippen LogP contribution < -0.4 is 11.1 Å². The number of alkyl carbamates (subject to hydrolysis) is 1. The molecule has 3 aromatic carbocycles. The molecule has 0 spiro atoms. The van der Waals surface area contributed by atoms with Gasteiger partial charge in [-0.05, 0) is 34.4 Å². The van der Waals surface area contributed by atoms with Gasteiger partial charge in [0.15, 0.2) is 0 Å². The van der Waals surface area contributed by atoms with Gasteiger partial charge in [0, 0.05) is 30.5 Å². The number of anilines is 1.